The van der Waals surface area contributed by atoms with Crippen LogP contribution in [0.4, 0.5) is 14.1 Å². The first-order valence-electron chi connectivity index (χ1n) is 2.52. The Hall–Kier alpha value is -0.640. The quantitative estimate of drug-likeness (QED) is 0.605. The van der Waals surface area contributed by atoms with Gasteiger partial charge in [0, 0.05) is 4.90 Å². The van der Waals surface area contributed by atoms with E-state index in [1.54, 1.807) is 11.8 Å². The standard InChI is InChI=1S/C7H8S.3FH/c1-8-7-5-3-2-4-6-7;;;/h2-6H,1H3;3*1H. The zero-order valence-electron chi connectivity index (χ0n) is 6.02. The summed E-state index contributed by atoms with van der Waals surface area (Å²) in [4.78, 5) is 1.33. The van der Waals surface area contributed by atoms with Crippen LogP contribution in [0.1, 0.15) is 0 Å². The Morgan fingerprint density at radius 2 is 1.36 bits per heavy atom. The Morgan fingerprint density at radius 3 is 1.64 bits per heavy atom. The average molecular weight is 184 g/mol. The topological polar surface area (TPSA) is 0 Å². The van der Waals surface area contributed by atoms with E-state index in [0.29, 0.717) is 0 Å². The van der Waals surface area contributed by atoms with Gasteiger partial charge in [-0.3, -0.25) is 14.1 Å². The molecule has 1 rings (SSSR count). The first-order chi connectivity index (χ1) is 3.93. The molecule has 0 nitrogen and oxygen atoms in total. The highest BCUT2D eigenvalue weighted by Crippen LogP contribution is 2.11. The molecule has 0 aliphatic carbocycles. The number of hydrogen-bond acceptors (Lipinski definition) is 1. The van der Waals surface area contributed by atoms with Crippen LogP contribution < -0.4 is 0 Å². The lowest BCUT2D eigenvalue weighted by Gasteiger charge is -1.89. The van der Waals surface area contributed by atoms with Gasteiger partial charge in [-0.15, -0.1) is 11.8 Å². The van der Waals surface area contributed by atoms with Gasteiger partial charge in [-0.05, 0) is 18.4 Å². The Labute approximate surface area is 68.1 Å². The van der Waals surface area contributed by atoms with Crippen LogP contribution in [0.5, 0.6) is 0 Å². The summed E-state index contributed by atoms with van der Waals surface area (Å²) in [6.45, 7) is 0. The first-order valence-corrected chi connectivity index (χ1v) is 3.75. The Bertz CT molecular complexity index is 155. The molecule has 0 amide bonds. The van der Waals surface area contributed by atoms with Crippen molar-refractivity contribution in [2.45, 2.75) is 4.90 Å². The van der Waals surface area contributed by atoms with Crippen LogP contribution in [-0.4, -0.2) is 6.26 Å². The molecule has 0 spiro atoms. The van der Waals surface area contributed by atoms with Gasteiger partial charge < -0.3 is 0 Å². The van der Waals surface area contributed by atoms with Gasteiger partial charge in [0.2, 0.25) is 0 Å². The van der Waals surface area contributed by atoms with E-state index in [2.05, 4.69) is 18.4 Å². The van der Waals surface area contributed by atoms with E-state index in [4.69, 9.17) is 0 Å². The fourth-order valence-corrected chi connectivity index (χ4v) is 0.986. The summed E-state index contributed by atoms with van der Waals surface area (Å²) in [7, 11) is 0. The Balaban J connectivity index is -0.000000213. The zero-order chi connectivity index (χ0) is 5.82. The van der Waals surface area contributed by atoms with E-state index in [1.165, 1.54) is 4.90 Å². The average Bonchev–Trinajstić information content (AvgIpc) is 1.90. The van der Waals surface area contributed by atoms with Gasteiger partial charge >= 0.3 is 0 Å². The molecule has 0 fully saturated rings. The molecule has 1 aromatic rings. The molecule has 0 bridgehead atoms. The first kappa shape index (κ1) is 16.8. The van der Waals surface area contributed by atoms with Crippen molar-refractivity contribution in [3.8, 4) is 0 Å². The van der Waals surface area contributed by atoms with E-state index in [9.17, 15) is 0 Å². The van der Waals surface area contributed by atoms with Gasteiger partial charge in [-0.25, -0.2) is 0 Å². The van der Waals surface area contributed by atoms with Crippen molar-refractivity contribution < 1.29 is 14.1 Å². The van der Waals surface area contributed by atoms with Crippen LogP contribution in [-0.2, 0) is 0 Å². The summed E-state index contributed by atoms with van der Waals surface area (Å²) < 4.78 is 0. The molecule has 0 radical (unpaired) electrons. The molecule has 0 heterocycles. The molecule has 0 unspecified atom stereocenters. The number of benzene rings is 1. The van der Waals surface area contributed by atoms with Gasteiger partial charge in [0.25, 0.3) is 0 Å². The van der Waals surface area contributed by atoms with E-state index in [1.807, 2.05) is 18.2 Å². The molecular weight excluding hydrogens is 173 g/mol. The molecule has 0 aromatic heterocycles. The van der Waals surface area contributed by atoms with E-state index >= 15 is 0 Å². The minimum Gasteiger partial charge on any atom is -0.269 e. The van der Waals surface area contributed by atoms with Crippen molar-refractivity contribution in [1.82, 2.24) is 0 Å². The predicted octanol–water partition coefficient (Wildman–Crippen LogP) is 2.87. The molecule has 0 saturated carbocycles. The molecule has 0 N–H and O–H groups in total. The molecular formula is C7H11F3S. The number of thioether (sulfide) groups is 1. The van der Waals surface area contributed by atoms with Gasteiger partial charge in [0.15, 0.2) is 0 Å². The minimum absolute atomic E-state index is 0. The highest BCUT2D eigenvalue weighted by atomic mass is 32.2. The third kappa shape index (κ3) is 5.79. The van der Waals surface area contributed by atoms with Crippen LogP contribution in [0.15, 0.2) is 35.2 Å². The van der Waals surface area contributed by atoms with Crippen molar-refractivity contribution in [3.63, 3.8) is 0 Å². The summed E-state index contributed by atoms with van der Waals surface area (Å²) in [6, 6.07) is 10.3. The van der Waals surface area contributed by atoms with Crippen molar-refractivity contribution >= 4 is 11.8 Å². The van der Waals surface area contributed by atoms with Crippen molar-refractivity contribution in [2.75, 3.05) is 6.26 Å². The van der Waals surface area contributed by atoms with Crippen molar-refractivity contribution in [3.05, 3.63) is 30.3 Å². The summed E-state index contributed by atoms with van der Waals surface area (Å²) in [5, 5.41) is 0. The van der Waals surface area contributed by atoms with Crippen molar-refractivity contribution in [1.29, 1.82) is 0 Å². The monoisotopic (exact) mass is 184 g/mol. The van der Waals surface area contributed by atoms with Crippen LogP contribution in [0.2, 0.25) is 0 Å². The molecule has 66 valence electrons. The van der Waals surface area contributed by atoms with Crippen LogP contribution >= 0.6 is 11.8 Å². The van der Waals surface area contributed by atoms with Gasteiger partial charge in [0.1, 0.15) is 0 Å². The number of rotatable bonds is 1. The molecule has 1 aromatic carbocycles. The van der Waals surface area contributed by atoms with Crippen LogP contribution in [0.3, 0.4) is 0 Å². The van der Waals surface area contributed by atoms with Crippen molar-refractivity contribution in [2.24, 2.45) is 0 Å². The lowest BCUT2D eigenvalue weighted by Crippen LogP contribution is -1.62. The maximum Gasteiger partial charge on any atom is 0.00691 e. The van der Waals surface area contributed by atoms with E-state index in [0.717, 1.165) is 0 Å². The maximum atomic E-state index is 2.10. The summed E-state index contributed by atoms with van der Waals surface area (Å²) in [5.74, 6) is 0. The second-order valence-electron chi connectivity index (χ2n) is 1.52. The normalized spacial score (nSPS) is 6.64. The van der Waals surface area contributed by atoms with Gasteiger partial charge in [-0.2, -0.15) is 0 Å². The Kier molecular flexibility index (Phi) is 14.3. The minimum atomic E-state index is 0. The highest BCUT2D eigenvalue weighted by molar-refractivity contribution is 7.98. The summed E-state index contributed by atoms with van der Waals surface area (Å²) in [5.41, 5.74) is 0. The smallest absolute Gasteiger partial charge is 0.00691 e. The summed E-state index contributed by atoms with van der Waals surface area (Å²) >= 11 is 1.77. The van der Waals surface area contributed by atoms with Gasteiger partial charge in [-0.1, -0.05) is 18.2 Å². The summed E-state index contributed by atoms with van der Waals surface area (Å²) in [6.07, 6.45) is 2.08. The molecule has 0 aliphatic heterocycles. The fraction of sp³-hybridized carbons (Fsp3) is 0.143. The maximum absolute atomic E-state index is 2.10. The van der Waals surface area contributed by atoms with Gasteiger partial charge in [0.05, 0.1) is 0 Å². The second-order valence-corrected chi connectivity index (χ2v) is 2.40. The third-order valence-electron chi connectivity index (χ3n) is 0.979. The van der Waals surface area contributed by atoms with Crippen LogP contribution in [0.25, 0.3) is 0 Å². The molecule has 0 atom stereocenters. The lowest BCUT2D eigenvalue weighted by atomic mass is 10.4. The van der Waals surface area contributed by atoms with E-state index in [-0.39, 0.29) is 14.1 Å². The molecule has 11 heavy (non-hydrogen) atoms. The largest absolute Gasteiger partial charge is 0.269 e. The number of halogens is 3. The lowest BCUT2D eigenvalue weighted by molar-refractivity contribution is 1.11. The predicted molar refractivity (Wildman–Crippen MR) is 45.7 cm³/mol. The number of hydrogen-bond donors (Lipinski definition) is 0. The fourth-order valence-electron chi connectivity index (χ4n) is 0.557. The molecule has 0 saturated heterocycles. The second kappa shape index (κ2) is 9.36. The van der Waals surface area contributed by atoms with Crippen LogP contribution in [0, 0.1) is 0 Å². The zero-order valence-corrected chi connectivity index (χ0v) is 6.84. The SMILES string of the molecule is CSc1ccccc1.F.F.F. The molecule has 4 heteroatoms. The molecule has 0 aliphatic rings. The Morgan fingerprint density at radius 1 is 0.909 bits per heavy atom. The third-order valence-corrected chi connectivity index (χ3v) is 1.72. The highest BCUT2D eigenvalue weighted by Gasteiger charge is 1.80. The van der Waals surface area contributed by atoms with E-state index < -0.39 is 0 Å².